The fraction of sp³-hybridized carbons (Fsp3) is 0.714. The first-order chi connectivity index (χ1) is 5.68. The van der Waals surface area contributed by atoms with Crippen LogP contribution in [0.3, 0.4) is 0 Å². The lowest BCUT2D eigenvalue weighted by atomic mass is 10.2. The molecule has 5 heteroatoms. The Labute approximate surface area is 70.7 Å². The van der Waals surface area contributed by atoms with Gasteiger partial charge in [-0.15, -0.1) is 0 Å². The molecule has 0 rings (SSSR count). The molecule has 0 radical (unpaired) electrons. The molecule has 0 aliphatic rings. The summed E-state index contributed by atoms with van der Waals surface area (Å²) < 4.78 is 4.93. The van der Waals surface area contributed by atoms with Crippen LogP contribution < -0.4 is 5.73 Å². The first kappa shape index (κ1) is 10.9. The molecule has 68 valence electrons. The minimum Gasteiger partial charge on any atom is -0.480 e. The van der Waals surface area contributed by atoms with Crippen molar-refractivity contribution in [2.45, 2.75) is 18.9 Å². The van der Waals surface area contributed by atoms with Gasteiger partial charge in [-0.25, -0.2) is 0 Å². The number of nitriles is 1. The Hall–Kier alpha value is -1.12. The number of aliphatic carboxylic acids is 1. The van der Waals surface area contributed by atoms with Crippen LogP contribution in [0.2, 0.25) is 0 Å². The van der Waals surface area contributed by atoms with E-state index in [-0.39, 0.29) is 13.0 Å². The van der Waals surface area contributed by atoms with Crippen LogP contribution in [0.1, 0.15) is 12.8 Å². The molecular formula is C7H12N2O3. The molecule has 0 heterocycles. The molecular weight excluding hydrogens is 160 g/mol. The number of nitrogens with two attached hydrogens (primary N) is 1. The van der Waals surface area contributed by atoms with Crippen molar-refractivity contribution in [3.05, 3.63) is 0 Å². The first-order valence-electron chi connectivity index (χ1n) is 3.61. The molecule has 0 aromatic heterocycles. The van der Waals surface area contributed by atoms with E-state index in [9.17, 15) is 4.79 Å². The number of carboxylic acid groups (broad SMARTS) is 1. The average Bonchev–Trinajstić information content (AvgIpc) is 2.03. The molecule has 12 heavy (non-hydrogen) atoms. The molecule has 0 aromatic rings. The number of hydrogen-bond acceptors (Lipinski definition) is 4. The van der Waals surface area contributed by atoms with Gasteiger partial charge in [-0.05, 0) is 6.42 Å². The van der Waals surface area contributed by atoms with Crippen molar-refractivity contribution >= 4 is 5.97 Å². The summed E-state index contributed by atoms with van der Waals surface area (Å²) in [5.41, 5.74) is 5.19. The predicted octanol–water partition coefficient (Wildman–Crippen LogP) is -0.281. The maximum absolute atomic E-state index is 10.2. The van der Waals surface area contributed by atoms with Crippen molar-refractivity contribution in [2.75, 3.05) is 13.2 Å². The van der Waals surface area contributed by atoms with Gasteiger partial charge in [0.2, 0.25) is 0 Å². The standard InChI is InChI=1S/C7H12N2O3/c8-3-1-4-12-5-2-6(9)7(10)11/h6H,1-2,4-5,9H2,(H,10,11). The third kappa shape index (κ3) is 5.65. The van der Waals surface area contributed by atoms with Crippen LogP contribution in [-0.4, -0.2) is 30.3 Å². The second-order valence-electron chi connectivity index (χ2n) is 2.25. The van der Waals surface area contributed by atoms with Crippen LogP contribution in [0.25, 0.3) is 0 Å². The third-order valence-corrected chi connectivity index (χ3v) is 1.25. The van der Waals surface area contributed by atoms with Crippen molar-refractivity contribution in [2.24, 2.45) is 5.73 Å². The number of rotatable bonds is 6. The van der Waals surface area contributed by atoms with Gasteiger partial charge in [-0.2, -0.15) is 5.26 Å². The van der Waals surface area contributed by atoms with Crippen LogP contribution in [0.4, 0.5) is 0 Å². The molecule has 0 aliphatic heterocycles. The zero-order valence-electron chi connectivity index (χ0n) is 6.69. The summed E-state index contributed by atoms with van der Waals surface area (Å²) >= 11 is 0. The van der Waals surface area contributed by atoms with Crippen LogP contribution in [0.15, 0.2) is 0 Å². The number of hydrogen-bond donors (Lipinski definition) is 2. The molecule has 1 atom stereocenters. The summed E-state index contributed by atoms with van der Waals surface area (Å²) in [4.78, 5) is 10.2. The smallest absolute Gasteiger partial charge is 0.320 e. The molecule has 5 nitrogen and oxygen atoms in total. The van der Waals surface area contributed by atoms with Gasteiger partial charge in [0.05, 0.1) is 19.1 Å². The zero-order valence-corrected chi connectivity index (χ0v) is 6.69. The third-order valence-electron chi connectivity index (χ3n) is 1.25. The lowest BCUT2D eigenvalue weighted by Gasteiger charge is -2.05. The summed E-state index contributed by atoms with van der Waals surface area (Å²) in [5, 5.41) is 16.5. The molecule has 0 aromatic carbocycles. The number of carbonyl (C=O) groups is 1. The van der Waals surface area contributed by atoms with E-state index in [4.69, 9.17) is 20.8 Å². The molecule has 0 saturated heterocycles. The van der Waals surface area contributed by atoms with Gasteiger partial charge < -0.3 is 15.6 Å². The van der Waals surface area contributed by atoms with Crippen molar-refractivity contribution in [3.63, 3.8) is 0 Å². The second-order valence-corrected chi connectivity index (χ2v) is 2.25. The van der Waals surface area contributed by atoms with Gasteiger partial charge in [0.1, 0.15) is 6.04 Å². The SMILES string of the molecule is N#CCCOCCC(N)C(=O)O. The summed E-state index contributed by atoms with van der Waals surface area (Å²) in [7, 11) is 0. The van der Waals surface area contributed by atoms with Crippen LogP contribution in [-0.2, 0) is 9.53 Å². The van der Waals surface area contributed by atoms with Gasteiger partial charge in [0.25, 0.3) is 0 Å². The summed E-state index contributed by atoms with van der Waals surface area (Å²) in [6.45, 7) is 0.623. The Morgan fingerprint density at radius 3 is 2.83 bits per heavy atom. The highest BCUT2D eigenvalue weighted by Crippen LogP contribution is 1.90. The lowest BCUT2D eigenvalue weighted by Crippen LogP contribution is -2.31. The first-order valence-corrected chi connectivity index (χ1v) is 3.61. The van der Waals surface area contributed by atoms with E-state index in [1.165, 1.54) is 0 Å². The minimum atomic E-state index is -1.03. The van der Waals surface area contributed by atoms with Crippen LogP contribution >= 0.6 is 0 Å². The van der Waals surface area contributed by atoms with Gasteiger partial charge in [0, 0.05) is 6.61 Å². The number of nitrogens with zero attached hydrogens (tertiary/aromatic N) is 1. The Morgan fingerprint density at radius 1 is 1.67 bits per heavy atom. The zero-order chi connectivity index (χ0) is 9.40. The fourth-order valence-corrected chi connectivity index (χ4v) is 0.554. The Balaban J connectivity index is 3.21. The van der Waals surface area contributed by atoms with Gasteiger partial charge in [-0.3, -0.25) is 4.79 Å². The normalized spacial score (nSPS) is 12.0. The minimum absolute atomic E-state index is 0.279. The highest BCUT2D eigenvalue weighted by atomic mass is 16.5. The number of ether oxygens (including phenoxy) is 1. The monoisotopic (exact) mass is 172 g/mol. The van der Waals surface area contributed by atoms with E-state index < -0.39 is 12.0 Å². The van der Waals surface area contributed by atoms with E-state index in [0.29, 0.717) is 13.0 Å². The van der Waals surface area contributed by atoms with E-state index >= 15 is 0 Å². The Bertz CT molecular complexity index is 176. The summed E-state index contributed by atoms with van der Waals surface area (Å²) in [5.74, 6) is -1.03. The molecule has 0 saturated carbocycles. The van der Waals surface area contributed by atoms with E-state index in [2.05, 4.69) is 0 Å². The molecule has 0 bridgehead atoms. The van der Waals surface area contributed by atoms with Crippen molar-refractivity contribution in [3.8, 4) is 6.07 Å². The number of carboxylic acids is 1. The molecule has 3 N–H and O–H groups in total. The van der Waals surface area contributed by atoms with Crippen molar-refractivity contribution < 1.29 is 14.6 Å². The van der Waals surface area contributed by atoms with E-state index in [1.54, 1.807) is 0 Å². The average molecular weight is 172 g/mol. The van der Waals surface area contributed by atoms with Crippen LogP contribution in [0.5, 0.6) is 0 Å². The largest absolute Gasteiger partial charge is 0.480 e. The molecule has 0 fully saturated rings. The maximum Gasteiger partial charge on any atom is 0.320 e. The van der Waals surface area contributed by atoms with Gasteiger partial charge in [0.15, 0.2) is 0 Å². The molecule has 0 amide bonds. The summed E-state index contributed by atoms with van der Waals surface area (Å²) in [6.07, 6.45) is 0.600. The highest BCUT2D eigenvalue weighted by molar-refractivity contribution is 5.72. The van der Waals surface area contributed by atoms with E-state index in [0.717, 1.165) is 0 Å². The fourth-order valence-electron chi connectivity index (χ4n) is 0.554. The van der Waals surface area contributed by atoms with Crippen molar-refractivity contribution in [1.82, 2.24) is 0 Å². The highest BCUT2D eigenvalue weighted by Gasteiger charge is 2.09. The second kappa shape index (κ2) is 6.58. The molecule has 1 unspecified atom stereocenters. The van der Waals surface area contributed by atoms with Crippen LogP contribution in [0, 0.1) is 11.3 Å². The van der Waals surface area contributed by atoms with Gasteiger partial charge in [-0.1, -0.05) is 0 Å². The molecule has 0 spiro atoms. The Kier molecular flexibility index (Phi) is 5.97. The van der Waals surface area contributed by atoms with E-state index in [1.807, 2.05) is 6.07 Å². The lowest BCUT2D eigenvalue weighted by molar-refractivity contribution is -0.139. The van der Waals surface area contributed by atoms with Crippen molar-refractivity contribution in [1.29, 1.82) is 5.26 Å². The van der Waals surface area contributed by atoms with Gasteiger partial charge >= 0.3 is 5.97 Å². The summed E-state index contributed by atoms with van der Waals surface area (Å²) in [6, 6.07) is 1.04. The Morgan fingerprint density at radius 2 is 2.33 bits per heavy atom. The predicted molar refractivity (Wildman–Crippen MR) is 41.3 cm³/mol. The maximum atomic E-state index is 10.2. The quantitative estimate of drug-likeness (QED) is 0.537. The topological polar surface area (TPSA) is 96.3 Å². The molecule has 0 aliphatic carbocycles.